The number of hydrogen-bond donors (Lipinski definition) is 2. The Bertz CT molecular complexity index is 749. The molecule has 1 aromatic carbocycles. The van der Waals surface area contributed by atoms with Gasteiger partial charge >= 0.3 is 5.97 Å². The highest BCUT2D eigenvalue weighted by Crippen LogP contribution is 2.34. The first-order valence-corrected chi connectivity index (χ1v) is 8.37. The summed E-state index contributed by atoms with van der Waals surface area (Å²) in [6.07, 6.45) is 1.83. The Kier molecular flexibility index (Phi) is 4.41. The third-order valence-electron chi connectivity index (χ3n) is 4.95. The molecule has 124 valence electrons. The van der Waals surface area contributed by atoms with Crippen molar-refractivity contribution in [2.24, 2.45) is 5.73 Å². The van der Waals surface area contributed by atoms with Crippen LogP contribution in [0.25, 0.3) is 10.9 Å². The smallest absolute Gasteiger partial charge is 0.338 e. The number of nitrogens with two attached hydrogens (primary N) is 1. The van der Waals surface area contributed by atoms with Gasteiger partial charge in [-0.05, 0) is 37.6 Å². The minimum absolute atomic E-state index is 0.442. The summed E-state index contributed by atoms with van der Waals surface area (Å²) >= 11 is 0. The Morgan fingerprint density at radius 1 is 1.39 bits per heavy atom. The zero-order chi connectivity index (χ0) is 16.6. The number of hydrogen-bond acceptors (Lipinski definition) is 3. The van der Waals surface area contributed by atoms with E-state index in [0.29, 0.717) is 12.1 Å². The second-order valence-electron chi connectivity index (χ2n) is 6.30. The average molecular weight is 315 g/mol. The molecule has 0 bridgehead atoms. The molecule has 23 heavy (non-hydrogen) atoms. The molecule has 0 saturated heterocycles. The molecular weight excluding hydrogens is 290 g/mol. The van der Waals surface area contributed by atoms with E-state index in [4.69, 9.17) is 5.73 Å². The molecule has 0 aliphatic carbocycles. The van der Waals surface area contributed by atoms with E-state index in [1.54, 1.807) is 0 Å². The van der Waals surface area contributed by atoms with Crippen LogP contribution in [0.3, 0.4) is 0 Å². The van der Waals surface area contributed by atoms with Gasteiger partial charge in [0.15, 0.2) is 0 Å². The van der Waals surface area contributed by atoms with Gasteiger partial charge in [-0.25, -0.2) is 4.79 Å². The van der Waals surface area contributed by atoms with Gasteiger partial charge in [-0.3, -0.25) is 4.90 Å². The van der Waals surface area contributed by atoms with Crippen LogP contribution in [0, 0.1) is 6.92 Å². The summed E-state index contributed by atoms with van der Waals surface area (Å²) in [6, 6.07) is 4.03. The second-order valence-corrected chi connectivity index (χ2v) is 6.30. The molecule has 1 aliphatic rings. The number of carboxylic acid groups (broad SMARTS) is 1. The minimum Gasteiger partial charge on any atom is -0.478 e. The normalized spacial score (nSPS) is 15.1. The van der Waals surface area contributed by atoms with E-state index in [1.807, 2.05) is 13.0 Å². The number of nitrogens with zero attached hydrogens (tertiary/aromatic N) is 2. The van der Waals surface area contributed by atoms with Crippen LogP contribution in [0.2, 0.25) is 0 Å². The molecule has 0 amide bonds. The molecule has 1 aromatic heterocycles. The molecule has 0 saturated carbocycles. The van der Waals surface area contributed by atoms with Crippen molar-refractivity contribution >= 4 is 16.9 Å². The van der Waals surface area contributed by atoms with Crippen LogP contribution in [0.5, 0.6) is 0 Å². The van der Waals surface area contributed by atoms with E-state index >= 15 is 0 Å². The number of carbonyl (C=O) groups is 1. The maximum absolute atomic E-state index is 11.8. The molecule has 3 rings (SSSR count). The van der Waals surface area contributed by atoms with Crippen molar-refractivity contribution in [3.05, 3.63) is 34.5 Å². The van der Waals surface area contributed by atoms with Crippen LogP contribution >= 0.6 is 0 Å². The number of likely N-dealkylation sites (N-methyl/N-ethyl adjacent to an activating group) is 1. The number of aromatic nitrogens is 1. The van der Waals surface area contributed by atoms with Gasteiger partial charge in [-0.1, -0.05) is 19.1 Å². The fourth-order valence-corrected chi connectivity index (χ4v) is 3.73. The number of carboxylic acids is 1. The highest BCUT2D eigenvalue weighted by molar-refractivity contribution is 6.05. The number of benzene rings is 1. The molecule has 5 heteroatoms. The van der Waals surface area contributed by atoms with Gasteiger partial charge in [0, 0.05) is 37.1 Å². The van der Waals surface area contributed by atoms with Crippen LogP contribution in [0.4, 0.5) is 0 Å². The quantitative estimate of drug-likeness (QED) is 0.888. The monoisotopic (exact) mass is 315 g/mol. The first kappa shape index (κ1) is 16.0. The van der Waals surface area contributed by atoms with Crippen molar-refractivity contribution in [1.82, 2.24) is 9.47 Å². The van der Waals surface area contributed by atoms with Crippen molar-refractivity contribution in [3.63, 3.8) is 0 Å². The molecule has 0 spiro atoms. The molecule has 5 nitrogen and oxygen atoms in total. The molecule has 0 atom stereocenters. The van der Waals surface area contributed by atoms with Crippen molar-refractivity contribution in [2.75, 3.05) is 19.6 Å². The first-order chi connectivity index (χ1) is 11.1. The van der Waals surface area contributed by atoms with Crippen LogP contribution < -0.4 is 5.73 Å². The highest BCUT2D eigenvalue weighted by Gasteiger charge is 2.26. The fourth-order valence-electron chi connectivity index (χ4n) is 3.73. The maximum atomic E-state index is 11.8. The van der Waals surface area contributed by atoms with E-state index in [-0.39, 0.29) is 0 Å². The van der Waals surface area contributed by atoms with Gasteiger partial charge in [0.1, 0.15) is 0 Å². The molecular formula is C18H25N3O2. The highest BCUT2D eigenvalue weighted by atomic mass is 16.4. The third-order valence-corrected chi connectivity index (χ3v) is 4.95. The van der Waals surface area contributed by atoms with Gasteiger partial charge in [-0.2, -0.15) is 0 Å². The Morgan fingerprint density at radius 2 is 2.17 bits per heavy atom. The summed E-state index contributed by atoms with van der Waals surface area (Å²) in [7, 11) is 0. The molecule has 2 aromatic rings. The van der Waals surface area contributed by atoms with Gasteiger partial charge in [0.2, 0.25) is 0 Å². The lowest BCUT2D eigenvalue weighted by molar-refractivity contribution is 0.0698. The van der Waals surface area contributed by atoms with E-state index in [0.717, 1.165) is 55.5 Å². The van der Waals surface area contributed by atoms with E-state index < -0.39 is 5.97 Å². The summed E-state index contributed by atoms with van der Waals surface area (Å²) in [5.41, 5.74) is 10.4. The summed E-state index contributed by atoms with van der Waals surface area (Å²) in [4.78, 5) is 14.3. The van der Waals surface area contributed by atoms with Crippen LogP contribution in [0.1, 0.15) is 40.5 Å². The predicted molar refractivity (Wildman–Crippen MR) is 92.0 cm³/mol. The second kappa shape index (κ2) is 6.34. The molecule has 3 N–H and O–H groups in total. The maximum Gasteiger partial charge on any atom is 0.338 e. The summed E-state index contributed by atoms with van der Waals surface area (Å²) < 4.78 is 2.22. The largest absolute Gasteiger partial charge is 0.478 e. The summed E-state index contributed by atoms with van der Waals surface area (Å²) in [6.45, 7) is 8.41. The van der Waals surface area contributed by atoms with Gasteiger partial charge in [-0.15, -0.1) is 0 Å². The SMILES string of the molecule is CCN1CCc2c(c3ccc(C)c(C(=O)O)c3n2CCCN)C1. The zero-order valence-corrected chi connectivity index (χ0v) is 13.9. The Hall–Kier alpha value is -1.85. The van der Waals surface area contributed by atoms with Crippen molar-refractivity contribution < 1.29 is 9.90 Å². The summed E-state index contributed by atoms with van der Waals surface area (Å²) in [5.74, 6) is -0.843. The van der Waals surface area contributed by atoms with Gasteiger partial charge < -0.3 is 15.4 Å². The predicted octanol–water partition coefficient (Wildman–Crippen LogP) is 2.37. The molecule has 0 unspecified atom stereocenters. The van der Waals surface area contributed by atoms with Crippen LogP contribution in [-0.4, -0.2) is 40.2 Å². The van der Waals surface area contributed by atoms with Crippen molar-refractivity contribution in [3.8, 4) is 0 Å². The molecule has 0 radical (unpaired) electrons. The lowest BCUT2D eigenvalue weighted by Crippen LogP contribution is -2.30. The number of rotatable bonds is 5. The lowest BCUT2D eigenvalue weighted by atomic mass is 10.0. The van der Waals surface area contributed by atoms with E-state index in [9.17, 15) is 9.90 Å². The van der Waals surface area contributed by atoms with Crippen LogP contribution in [-0.2, 0) is 19.5 Å². The number of aromatic carboxylic acids is 1. The van der Waals surface area contributed by atoms with Gasteiger partial charge in [0.05, 0.1) is 11.1 Å². The Labute approximate surface area is 136 Å². The van der Waals surface area contributed by atoms with Crippen LogP contribution in [0.15, 0.2) is 12.1 Å². The Morgan fingerprint density at radius 3 is 2.83 bits per heavy atom. The molecule has 1 aliphatic heterocycles. The topological polar surface area (TPSA) is 71.5 Å². The number of aryl methyl sites for hydroxylation is 2. The minimum atomic E-state index is -0.843. The average Bonchev–Trinajstić information content (AvgIpc) is 2.85. The summed E-state index contributed by atoms with van der Waals surface area (Å²) in [5, 5.41) is 10.8. The van der Waals surface area contributed by atoms with Crippen molar-refractivity contribution in [1.29, 1.82) is 0 Å². The van der Waals surface area contributed by atoms with E-state index in [2.05, 4.69) is 22.5 Å². The molecule has 2 heterocycles. The lowest BCUT2D eigenvalue weighted by Gasteiger charge is -2.26. The standard InChI is InChI=1S/C18H25N3O2/c1-3-20-10-7-15-14(11-20)13-6-5-12(2)16(18(22)23)17(13)21(15)9-4-8-19/h5-6H,3-4,7-11,19H2,1-2H3,(H,22,23). The Balaban J connectivity index is 2.28. The number of fused-ring (bicyclic) bond motifs is 3. The van der Waals surface area contributed by atoms with E-state index in [1.165, 1.54) is 11.3 Å². The zero-order valence-electron chi connectivity index (χ0n) is 13.9. The first-order valence-electron chi connectivity index (χ1n) is 8.37. The van der Waals surface area contributed by atoms with Crippen molar-refractivity contribution in [2.45, 2.75) is 39.8 Å². The van der Waals surface area contributed by atoms with Gasteiger partial charge in [0.25, 0.3) is 0 Å². The molecule has 0 fully saturated rings. The third kappa shape index (κ3) is 2.64. The fraction of sp³-hybridized carbons (Fsp3) is 0.500.